The molecule has 0 amide bonds. The smallest absolute Gasteiger partial charge is 0.346 e. The first-order chi connectivity index (χ1) is 14.6. The average Bonchev–Trinajstić information content (AvgIpc) is 3.14. The van der Waals surface area contributed by atoms with Gasteiger partial charge in [-0.2, -0.15) is 13.2 Å². The molecule has 1 atom stereocenters. The third-order valence-electron chi connectivity index (χ3n) is 5.79. The molecule has 2 aromatic carbocycles. The summed E-state index contributed by atoms with van der Waals surface area (Å²) < 4.78 is 54.7. The first kappa shape index (κ1) is 23.1. The van der Waals surface area contributed by atoms with Crippen molar-refractivity contribution < 1.29 is 17.6 Å². The predicted octanol–water partition coefficient (Wildman–Crippen LogP) is 6.74. The van der Waals surface area contributed by atoms with Gasteiger partial charge in [-0.3, -0.25) is 4.90 Å². The summed E-state index contributed by atoms with van der Waals surface area (Å²) >= 11 is 0. The second kappa shape index (κ2) is 9.69. The SMILES string of the molecule is CC(C)[C@@H](C)N(Cc1ccccc1F)Cc1cccn1Cc1ccc(C(F)(F)F)cc1. The molecule has 6 heteroatoms. The second-order valence-electron chi connectivity index (χ2n) is 8.30. The first-order valence-corrected chi connectivity index (χ1v) is 10.4. The molecule has 0 aliphatic heterocycles. The van der Waals surface area contributed by atoms with E-state index >= 15 is 0 Å². The Morgan fingerprint density at radius 3 is 2.16 bits per heavy atom. The summed E-state index contributed by atoms with van der Waals surface area (Å²) in [6, 6.07) is 16.2. The Morgan fingerprint density at radius 2 is 1.55 bits per heavy atom. The molecular formula is C25H28F4N2. The zero-order valence-corrected chi connectivity index (χ0v) is 18.0. The van der Waals surface area contributed by atoms with E-state index in [0.29, 0.717) is 31.1 Å². The topological polar surface area (TPSA) is 8.17 Å². The fourth-order valence-corrected chi connectivity index (χ4v) is 3.56. The normalized spacial score (nSPS) is 13.2. The first-order valence-electron chi connectivity index (χ1n) is 10.4. The third-order valence-corrected chi connectivity index (χ3v) is 5.79. The van der Waals surface area contributed by atoms with Crippen molar-refractivity contribution in [2.45, 2.75) is 52.6 Å². The molecule has 0 saturated carbocycles. The van der Waals surface area contributed by atoms with Gasteiger partial charge < -0.3 is 4.57 Å². The summed E-state index contributed by atoms with van der Waals surface area (Å²) in [7, 11) is 0. The van der Waals surface area contributed by atoms with Crippen LogP contribution in [0.25, 0.3) is 0 Å². The van der Waals surface area contributed by atoms with Crippen LogP contribution >= 0.6 is 0 Å². The molecule has 0 aliphatic rings. The minimum atomic E-state index is -4.34. The van der Waals surface area contributed by atoms with Crippen LogP contribution in [-0.4, -0.2) is 15.5 Å². The fourth-order valence-electron chi connectivity index (χ4n) is 3.56. The van der Waals surface area contributed by atoms with Crippen molar-refractivity contribution in [3.63, 3.8) is 0 Å². The zero-order chi connectivity index (χ0) is 22.6. The number of hydrogen-bond acceptors (Lipinski definition) is 1. The summed E-state index contributed by atoms with van der Waals surface area (Å²) in [6.07, 6.45) is -2.41. The lowest BCUT2D eigenvalue weighted by Crippen LogP contribution is -2.36. The van der Waals surface area contributed by atoms with Crippen molar-refractivity contribution in [3.8, 4) is 0 Å². The van der Waals surface area contributed by atoms with E-state index in [4.69, 9.17) is 0 Å². The van der Waals surface area contributed by atoms with Crippen LogP contribution in [0.2, 0.25) is 0 Å². The molecule has 0 unspecified atom stereocenters. The van der Waals surface area contributed by atoms with Gasteiger partial charge in [0.2, 0.25) is 0 Å². The molecule has 166 valence electrons. The van der Waals surface area contributed by atoms with Crippen molar-refractivity contribution in [3.05, 3.63) is 95.1 Å². The number of aromatic nitrogens is 1. The highest BCUT2D eigenvalue weighted by Crippen LogP contribution is 2.29. The maximum absolute atomic E-state index is 14.3. The van der Waals surface area contributed by atoms with Gasteiger partial charge in [0.25, 0.3) is 0 Å². The Morgan fingerprint density at radius 1 is 0.871 bits per heavy atom. The molecule has 3 aromatic rings. The van der Waals surface area contributed by atoms with Crippen LogP contribution < -0.4 is 0 Å². The number of hydrogen-bond donors (Lipinski definition) is 0. The van der Waals surface area contributed by atoms with Gasteiger partial charge in [-0.25, -0.2) is 4.39 Å². The molecule has 3 rings (SSSR count). The molecular weight excluding hydrogens is 404 g/mol. The van der Waals surface area contributed by atoms with E-state index in [2.05, 4.69) is 25.7 Å². The van der Waals surface area contributed by atoms with Gasteiger partial charge in [0.1, 0.15) is 5.82 Å². The van der Waals surface area contributed by atoms with E-state index in [1.165, 1.54) is 18.2 Å². The van der Waals surface area contributed by atoms with E-state index in [1.807, 2.05) is 29.0 Å². The van der Waals surface area contributed by atoms with Crippen LogP contribution in [-0.2, 0) is 25.8 Å². The lowest BCUT2D eigenvalue weighted by molar-refractivity contribution is -0.137. The highest BCUT2D eigenvalue weighted by atomic mass is 19.4. The van der Waals surface area contributed by atoms with Crippen LogP contribution in [0.4, 0.5) is 17.6 Å². The zero-order valence-electron chi connectivity index (χ0n) is 18.0. The van der Waals surface area contributed by atoms with Crippen LogP contribution in [0.15, 0.2) is 66.9 Å². The van der Waals surface area contributed by atoms with Crippen molar-refractivity contribution in [1.82, 2.24) is 9.47 Å². The molecule has 0 saturated heterocycles. The maximum Gasteiger partial charge on any atom is 0.416 e. The van der Waals surface area contributed by atoms with Crippen molar-refractivity contribution >= 4 is 0 Å². The van der Waals surface area contributed by atoms with Crippen molar-refractivity contribution in [1.29, 1.82) is 0 Å². The molecule has 1 aromatic heterocycles. The number of benzene rings is 2. The highest BCUT2D eigenvalue weighted by Gasteiger charge is 2.30. The standard InChI is InChI=1S/C25H28F4N2/c1-18(2)19(3)31(16-21-7-4-5-9-24(21)26)17-23-8-6-14-30(23)15-20-10-12-22(13-11-20)25(27,28)29/h4-14,18-19H,15-17H2,1-3H3/t19-/m1/s1. The Hall–Kier alpha value is -2.60. The molecule has 1 heterocycles. The Kier molecular flexibility index (Phi) is 7.21. The molecule has 2 nitrogen and oxygen atoms in total. The van der Waals surface area contributed by atoms with Gasteiger partial charge in [-0.05, 0) is 48.7 Å². The quantitative estimate of drug-likeness (QED) is 0.358. The molecule has 0 fully saturated rings. The number of nitrogens with zero attached hydrogens (tertiary/aromatic N) is 2. The van der Waals surface area contributed by atoms with E-state index in [0.717, 1.165) is 23.4 Å². The number of halogens is 4. The molecule has 31 heavy (non-hydrogen) atoms. The Balaban J connectivity index is 1.79. The number of alkyl halides is 3. The van der Waals surface area contributed by atoms with Crippen LogP contribution in [0.3, 0.4) is 0 Å². The van der Waals surface area contributed by atoms with E-state index in [1.54, 1.807) is 12.1 Å². The monoisotopic (exact) mass is 432 g/mol. The lowest BCUT2D eigenvalue weighted by Gasteiger charge is -2.32. The van der Waals surface area contributed by atoms with E-state index in [9.17, 15) is 17.6 Å². The van der Waals surface area contributed by atoms with Crippen molar-refractivity contribution in [2.24, 2.45) is 5.92 Å². The Bertz CT molecular complexity index is 974. The minimum absolute atomic E-state index is 0.217. The van der Waals surface area contributed by atoms with Gasteiger partial charge in [-0.15, -0.1) is 0 Å². The summed E-state index contributed by atoms with van der Waals surface area (Å²) in [5.41, 5.74) is 1.83. The van der Waals surface area contributed by atoms with E-state index in [-0.39, 0.29) is 11.9 Å². The molecule has 0 bridgehead atoms. The van der Waals surface area contributed by atoms with Crippen LogP contribution in [0.5, 0.6) is 0 Å². The Labute approximate surface area is 181 Å². The van der Waals surface area contributed by atoms with Crippen LogP contribution in [0, 0.1) is 11.7 Å². The summed E-state index contributed by atoms with van der Waals surface area (Å²) in [6.45, 7) is 7.98. The van der Waals surface area contributed by atoms with Crippen LogP contribution in [0.1, 0.15) is 43.2 Å². The summed E-state index contributed by atoms with van der Waals surface area (Å²) in [4.78, 5) is 2.24. The highest BCUT2D eigenvalue weighted by molar-refractivity contribution is 5.25. The predicted molar refractivity (Wildman–Crippen MR) is 115 cm³/mol. The lowest BCUT2D eigenvalue weighted by atomic mass is 10.0. The molecule has 0 N–H and O–H groups in total. The van der Waals surface area contributed by atoms with Gasteiger partial charge in [0.05, 0.1) is 5.56 Å². The summed E-state index contributed by atoms with van der Waals surface area (Å²) in [5.74, 6) is 0.161. The largest absolute Gasteiger partial charge is 0.416 e. The van der Waals surface area contributed by atoms with Gasteiger partial charge in [-0.1, -0.05) is 44.2 Å². The van der Waals surface area contributed by atoms with Gasteiger partial charge >= 0.3 is 6.18 Å². The van der Waals surface area contributed by atoms with Crippen molar-refractivity contribution in [2.75, 3.05) is 0 Å². The van der Waals surface area contributed by atoms with Gasteiger partial charge in [0, 0.05) is 43.1 Å². The third kappa shape index (κ3) is 5.97. The molecule has 0 spiro atoms. The second-order valence-corrected chi connectivity index (χ2v) is 8.30. The molecule has 0 aliphatic carbocycles. The average molecular weight is 433 g/mol. The number of rotatable bonds is 8. The minimum Gasteiger partial charge on any atom is -0.346 e. The van der Waals surface area contributed by atoms with Gasteiger partial charge in [0.15, 0.2) is 0 Å². The van der Waals surface area contributed by atoms with E-state index < -0.39 is 11.7 Å². The fraction of sp³-hybridized carbons (Fsp3) is 0.360. The molecule has 0 radical (unpaired) electrons. The maximum atomic E-state index is 14.3. The summed E-state index contributed by atoms with van der Waals surface area (Å²) in [5, 5.41) is 0.